The van der Waals surface area contributed by atoms with Gasteiger partial charge in [0.05, 0.1) is 0 Å². The molecule has 5 nitrogen and oxygen atoms in total. The molecule has 0 atom stereocenters. The summed E-state index contributed by atoms with van der Waals surface area (Å²) in [6, 6.07) is 0.594. The predicted octanol–water partition coefficient (Wildman–Crippen LogP) is 2.38. The highest BCUT2D eigenvalue weighted by Crippen LogP contribution is 2.30. The van der Waals surface area contributed by atoms with Crippen LogP contribution in [0.3, 0.4) is 0 Å². The van der Waals surface area contributed by atoms with Crippen LogP contribution in [0.1, 0.15) is 70.6 Å². The second-order valence-electron chi connectivity index (χ2n) is 6.10. The molecule has 114 valence electrons. The zero-order valence-corrected chi connectivity index (χ0v) is 12.1. The molecule has 2 aliphatic carbocycles. The van der Waals surface area contributed by atoms with E-state index in [1.165, 1.54) is 38.5 Å². The van der Waals surface area contributed by atoms with Crippen LogP contribution in [0.2, 0.25) is 0 Å². The third kappa shape index (κ3) is 3.95. The van der Waals surface area contributed by atoms with Crippen LogP contribution in [0, 0.1) is 0 Å². The number of carbonyl (C=O) groups is 2. The van der Waals surface area contributed by atoms with E-state index in [1.807, 2.05) is 4.90 Å². The summed E-state index contributed by atoms with van der Waals surface area (Å²) in [7, 11) is 0. The molecule has 0 heterocycles. The first-order valence-corrected chi connectivity index (χ1v) is 7.96. The normalized spacial score (nSPS) is 21.4. The zero-order valence-electron chi connectivity index (χ0n) is 12.1. The van der Waals surface area contributed by atoms with Crippen molar-refractivity contribution in [2.24, 2.45) is 0 Å². The van der Waals surface area contributed by atoms with Crippen LogP contribution in [-0.2, 0) is 9.59 Å². The third-order valence-electron chi connectivity index (χ3n) is 4.66. The lowest BCUT2D eigenvalue weighted by Crippen LogP contribution is -2.49. The Morgan fingerprint density at radius 2 is 1.35 bits per heavy atom. The van der Waals surface area contributed by atoms with Gasteiger partial charge in [0.2, 0.25) is 5.91 Å². The fourth-order valence-corrected chi connectivity index (χ4v) is 3.69. The number of carbonyl (C=O) groups excluding carboxylic acids is 2. The van der Waals surface area contributed by atoms with Gasteiger partial charge in [-0.2, -0.15) is 0 Å². The van der Waals surface area contributed by atoms with Crippen LogP contribution < -0.4 is 5.48 Å². The molecule has 2 N–H and O–H groups in total. The van der Waals surface area contributed by atoms with Gasteiger partial charge in [-0.1, -0.05) is 38.5 Å². The maximum absolute atomic E-state index is 12.5. The van der Waals surface area contributed by atoms with Crippen molar-refractivity contribution >= 4 is 11.8 Å². The Kier molecular flexibility index (Phi) is 5.83. The monoisotopic (exact) mass is 282 g/mol. The second kappa shape index (κ2) is 7.62. The number of rotatable bonds is 4. The molecule has 0 aromatic heterocycles. The molecule has 2 amide bonds. The van der Waals surface area contributed by atoms with Crippen molar-refractivity contribution in [1.29, 1.82) is 0 Å². The van der Waals surface area contributed by atoms with Crippen molar-refractivity contribution in [3.63, 3.8) is 0 Å². The number of hydrogen-bond acceptors (Lipinski definition) is 3. The Bertz CT molecular complexity index is 316. The first-order valence-electron chi connectivity index (χ1n) is 7.96. The van der Waals surface area contributed by atoms with E-state index in [2.05, 4.69) is 0 Å². The minimum Gasteiger partial charge on any atom is -0.336 e. The van der Waals surface area contributed by atoms with Crippen molar-refractivity contribution < 1.29 is 14.8 Å². The Hall–Kier alpha value is -1.10. The van der Waals surface area contributed by atoms with Crippen molar-refractivity contribution in [2.45, 2.75) is 82.7 Å². The van der Waals surface area contributed by atoms with Gasteiger partial charge in [0.25, 0.3) is 5.91 Å². The van der Waals surface area contributed by atoms with Crippen LogP contribution >= 0.6 is 0 Å². The molecule has 2 aliphatic rings. The van der Waals surface area contributed by atoms with Crippen LogP contribution in [0.15, 0.2) is 0 Å². The summed E-state index contributed by atoms with van der Waals surface area (Å²) in [6.45, 7) is 0. The van der Waals surface area contributed by atoms with Gasteiger partial charge in [0.15, 0.2) is 0 Å². The Balaban J connectivity index is 2.05. The zero-order chi connectivity index (χ0) is 14.4. The van der Waals surface area contributed by atoms with Gasteiger partial charge in [0.1, 0.15) is 6.42 Å². The van der Waals surface area contributed by atoms with Gasteiger partial charge in [-0.15, -0.1) is 0 Å². The standard InChI is InChI=1S/C15H26N2O3/c18-14(16-20)11-15(19)17(12-7-3-1-4-8-12)13-9-5-2-6-10-13/h12-13,20H,1-11H2,(H,16,18). The molecule has 0 aromatic carbocycles. The summed E-state index contributed by atoms with van der Waals surface area (Å²) < 4.78 is 0. The number of hydroxylamine groups is 1. The Morgan fingerprint density at radius 3 is 1.75 bits per heavy atom. The Labute approximate surface area is 120 Å². The maximum Gasteiger partial charge on any atom is 0.252 e. The summed E-state index contributed by atoms with van der Waals surface area (Å²) >= 11 is 0. The van der Waals surface area contributed by atoms with E-state index in [1.54, 1.807) is 5.48 Å². The van der Waals surface area contributed by atoms with Gasteiger partial charge < -0.3 is 4.90 Å². The van der Waals surface area contributed by atoms with Gasteiger partial charge in [0, 0.05) is 12.1 Å². The van der Waals surface area contributed by atoms with Crippen molar-refractivity contribution in [3.8, 4) is 0 Å². The van der Waals surface area contributed by atoms with E-state index in [-0.39, 0.29) is 12.3 Å². The molecule has 0 aliphatic heterocycles. The van der Waals surface area contributed by atoms with Gasteiger partial charge in [-0.05, 0) is 25.7 Å². The summed E-state index contributed by atoms with van der Waals surface area (Å²) in [5.41, 5.74) is 1.57. The molecule has 0 spiro atoms. The lowest BCUT2D eigenvalue weighted by molar-refractivity contribution is -0.144. The Morgan fingerprint density at radius 1 is 0.900 bits per heavy atom. The average molecular weight is 282 g/mol. The maximum atomic E-state index is 12.5. The van der Waals surface area contributed by atoms with Crippen molar-refractivity contribution in [2.75, 3.05) is 0 Å². The summed E-state index contributed by atoms with van der Waals surface area (Å²) in [4.78, 5) is 25.7. The number of hydrogen-bond donors (Lipinski definition) is 2. The lowest BCUT2D eigenvalue weighted by Gasteiger charge is -2.41. The van der Waals surface area contributed by atoms with E-state index in [9.17, 15) is 9.59 Å². The molecular weight excluding hydrogens is 256 g/mol. The van der Waals surface area contributed by atoms with E-state index in [0.717, 1.165) is 25.7 Å². The fourth-order valence-electron chi connectivity index (χ4n) is 3.69. The largest absolute Gasteiger partial charge is 0.336 e. The number of nitrogens with one attached hydrogen (secondary N) is 1. The predicted molar refractivity (Wildman–Crippen MR) is 75.1 cm³/mol. The molecule has 20 heavy (non-hydrogen) atoms. The van der Waals surface area contributed by atoms with Gasteiger partial charge >= 0.3 is 0 Å². The minimum atomic E-state index is -0.605. The van der Waals surface area contributed by atoms with E-state index in [0.29, 0.717) is 12.1 Å². The SMILES string of the molecule is O=C(CC(=O)N(C1CCCCC1)C1CCCCC1)NO. The molecule has 0 bridgehead atoms. The average Bonchev–Trinajstić information content (AvgIpc) is 2.49. The third-order valence-corrected chi connectivity index (χ3v) is 4.66. The van der Waals surface area contributed by atoms with E-state index < -0.39 is 5.91 Å². The molecule has 0 saturated heterocycles. The molecule has 0 radical (unpaired) electrons. The highest BCUT2D eigenvalue weighted by Gasteiger charge is 2.32. The highest BCUT2D eigenvalue weighted by atomic mass is 16.5. The smallest absolute Gasteiger partial charge is 0.252 e. The molecular formula is C15H26N2O3. The van der Waals surface area contributed by atoms with Crippen LogP contribution in [0.5, 0.6) is 0 Å². The van der Waals surface area contributed by atoms with Crippen LogP contribution in [0.4, 0.5) is 0 Å². The fraction of sp³-hybridized carbons (Fsp3) is 0.867. The van der Waals surface area contributed by atoms with Crippen LogP contribution in [-0.4, -0.2) is 34.0 Å². The molecule has 0 aromatic rings. The van der Waals surface area contributed by atoms with Gasteiger partial charge in [-0.3, -0.25) is 14.8 Å². The van der Waals surface area contributed by atoms with E-state index in [4.69, 9.17) is 5.21 Å². The number of amides is 2. The summed E-state index contributed by atoms with van der Waals surface area (Å²) in [6.07, 6.45) is 11.2. The second-order valence-corrected chi connectivity index (χ2v) is 6.10. The quantitative estimate of drug-likeness (QED) is 0.472. The van der Waals surface area contributed by atoms with Crippen molar-refractivity contribution in [1.82, 2.24) is 10.4 Å². The molecule has 2 fully saturated rings. The summed E-state index contributed by atoms with van der Waals surface area (Å²) in [5.74, 6) is -0.720. The topological polar surface area (TPSA) is 69.6 Å². The molecule has 2 saturated carbocycles. The van der Waals surface area contributed by atoms with Gasteiger partial charge in [-0.25, -0.2) is 5.48 Å². The molecule has 5 heteroatoms. The molecule has 2 rings (SSSR count). The lowest BCUT2D eigenvalue weighted by atomic mass is 9.88. The van der Waals surface area contributed by atoms with Crippen molar-refractivity contribution in [3.05, 3.63) is 0 Å². The minimum absolute atomic E-state index is 0.115. The van der Waals surface area contributed by atoms with Crippen LogP contribution in [0.25, 0.3) is 0 Å². The number of nitrogens with zero attached hydrogens (tertiary/aromatic N) is 1. The first kappa shape index (κ1) is 15.3. The molecule has 0 unspecified atom stereocenters. The highest BCUT2D eigenvalue weighted by molar-refractivity contribution is 5.96. The van der Waals surface area contributed by atoms with E-state index >= 15 is 0 Å². The first-order chi connectivity index (χ1) is 9.72. The summed E-state index contributed by atoms with van der Waals surface area (Å²) in [5, 5.41) is 8.62.